The van der Waals surface area contributed by atoms with Gasteiger partial charge in [0.1, 0.15) is 0 Å². The van der Waals surface area contributed by atoms with Gasteiger partial charge in [-0.2, -0.15) is 0 Å². The molecule has 1 heterocycles. The van der Waals surface area contributed by atoms with Gasteiger partial charge >= 0.3 is 0 Å². The Hall–Kier alpha value is -2.12. The van der Waals surface area contributed by atoms with E-state index in [0.717, 1.165) is 0 Å². The van der Waals surface area contributed by atoms with Crippen molar-refractivity contribution < 1.29 is 28.9 Å². The molecule has 0 spiro atoms. The van der Waals surface area contributed by atoms with Crippen molar-refractivity contribution >= 4 is 31.5 Å². The highest BCUT2D eigenvalue weighted by Gasteiger charge is 2.17. The van der Waals surface area contributed by atoms with Crippen molar-refractivity contribution in [3.8, 4) is 11.1 Å². The van der Waals surface area contributed by atoms with E-state index < -0.39 is 10.2 Å². The van der Waals surface area contributed by atoms with Crippen LogP contribution in [0.1, 0.15) is 0 Å². The van der Waals surface area contributed by atoms with Gasteiger partial charge in [0.15, 0.2) is 0 Å². The highest BCUT2D eigenvalue weighted by Crippen LogP contribution is 2.38. The van der Waals surface area contributed by atoms with Crippen molar-refractivity contribution in [2.24, 2.45) is 0 Å². The van der Waals surface area contributed by atoms with E-state index in [2.05, 4.69) is 78.9 Å². The summed E-state index contributed by atoms with van der Waals surface area (Å²) in [5.41, 5.74) is 2.63. The van der Waals surface area contributed by atoms with Gasteiger partial charge in [-0.3, -0.25) is 0 Å². The van der Waals surface area contributed by atoms with E-state index in [1.807, 2.05) is 11.3 Å². The van der Waals surface area contributed by atoms with Crippen LogP contribution in [0, 0.1) is 10.2 Å². The van der Waals surface area contributed by atoms with Crippen LogP contribution < -0.4 is 18.6 Å². The van der Waals surface area contributed by atoms with Crippen molar-refractivity contribution in [3.63, 3.8) is 0 Å². The summed E-state index contributed by atoms with van der Waals surface area (Å²) in [6, 6.07) is 28.0. The number of halogens is 1. The highest BCUT2D eigenvalue weighted by atomic mass is 35.7. The molecule has 0 aliphatic carbocycles. The van der Waals surface area contributed by atoms with Crippen molar-refractivity contribution in [2.45, 2.75) is 0 Å². The minimum absolute atomic E-state index is 1.28. The van der Waals surface area contributed by atoms with Gasteiger partial charge < -0.3 is 0 Å². The Morgan fingerprint density at radius 2 is 0.960 bits per heavy atom. The first-order chi connectivity index (χ1) is 11.9. The maximum absolute atomic E-state index is 8.49. The fourth-order valence-corrected chi connectivity index (χ4v) is 3.79. The lowest BCUT2D eigenvalue weighted by Gasteiger charge is -2.17. The fraction of sp³-hybridized carbons (Fsp3) is 0. The van der Waals surface area contributed by atoms with E-state index >= 15 is 0 Å². The normalized spacial score (nSPS) is 11.2. The molecule has 1 aromatic heterocycles. The summed E-state index contributed by atoms with van der Waals surface area (Å²) < 4.78 is 36.6. The number of fused-ring (bicyclic) bond motifs is 2. The van der Waals surface area contributed by atoms with Crippen LogP contribution in [0.3, 0.4) is 0 Å². The first-order valence-corrected chi connectivity index (χ1v) is 9.39. The SMILES string of the molecule is [O-][Cl+3]([O-])([O-])[O-].c1ccc(-c2c3ccccc3[s+]c3ccccc23)cc1. The second-order valence-electron chi connectivity index (χ2n) is 5.21. The second kappa shape index (κ2) is 7.41. The summed E-state index contributed by atoms with van der Waals surface area (Å²) in [7, 11) is -4.94. The van der Waals surface area contributed by atoms with Crippen LogP contribution in [0.5, 0.6) is 0 Å². The molecule has 126 valence electrons. The van der Waals surface area contributed by atoms with Gasteiger partial charge in [-0.1, -0.05) is 54.6 Å². The molecule has 0 aliphatic heterocycles. The maximum atomic E-state index is 8.49. The zero-order valence-corrected chi connectivity index (χ0v) is 14.5. The third-order valence-electron chi connectivity index (χ3n) is 3.60. The molecule has 0 N–H and O–H groups in total. The number of rotatable bonds is 1. The molecule has 0 fully saturated rings. The van der Waals surface area contributed by atoms with Crippen LogP contribution >= 0.6 is 11.3 Å². The number of benzene rings is 3. The molecule has 0 saturated heterocycles. The van der Waals surface area contributed by atoms with Crippen LogP contribution in [0.25, 0.3) is 31.3 Å². The van der Waals surface area contributed by atoms with Gasteiger partial charge in [-0.05, 0) is 17.7 Å². The van der Waals surface area contributed by atoms with E-state index in [9.17, 15) is 0 Å². The summed E-state index contributed by atoms with van der Waals surface area (Å²) >= 11 is 1.86. The standard InChI is InChI=1S/C19H13S.ClHO4/c1-2-8-14(9-3-1)19-15-10-4-6-12-17(15)20-18-13-7-5-11-16(18)19;2-1(3,4)5/h1-13H;(H,2,3,4,5)/q+1;/p-1. The molecule has 0 unspecified atom stereocenters. The Morgan fingerprint density at radius 1 is 0.560 bits per heavy atom. The van der Waals surface area contributed by atoms with Gasteiger partial charge in [0, 0.05) is 28.5 Å². The van der Waals surface area contributed by atoms with Gasteiger partial charge in [-0.25, -0.2) is 18.6 Å². The molecule has 0 radical (unpaired) electrons. The van der Waals surface area contributed by atoms with Gasteiger partial charge in [0.25, 0.3) is 0 Å². The van der Waals surface area contributed by atoms with Crippen molar-refractivity contribution in [2.75, 3.05) is 0 Å². The quantitative estimate of drug-likeness (QED) is 0.371. The van der Waals surface area contributed by atoms with Crippen molar-refractivity contribution in [1.29, 1.82) is 0 Å². The van der Waals surface area contributed by atoms with E-state index in [1.165, 1.54) is 31.3 Å². The number of hydrogen-bond donors (Lipinski definition) is 0. The average molecular weight is 373 g/mol. The monoisotopic (exact) mass is 372 g/mol. The van der Waals surface area contributed by atoms with Gasteiger partial charge in [-0.15, -0.1) is 10.2 Å². The highest BCUT2D eigenvalue weighted by molar-refractivity contribution is 7.24. The molecule has 0 amide bonds. The summed E-state index contributed by atoms with van der Waals surface area (Å²) in [6.45, 7) is 0. The van der Waals surface area contributed by atoms with Crippen LogP contribution in [0.15, 0.2) is 78.9 Å². The Morgan fingerprint density at radius 3 is 1.44 bits per heavy atom. The van der Waals surface area contributed by atoms with E-state index in [1.54, 1.807) is 0 Å². The van der Waals surface area contributed by atoms with Crippen LogP contribution in [-0.2, 0) is 0 Å². The molecular weight excluding hydrogens is 360 g/mol. The number of hydrogen-bond acceptors (Lipinski definition) is 4. The summed E-state index contributed by atoms with van der Waals surface area (Å²) in [4.78, 5) is 0. The zero-order chi connectivity index (χ0) is 17.9. The molecular formula is C19H13ClO4S. The smallest absolute Gasteiger partial charge is 0.222 e. The van der Waals surface area contributed by atoms with Crippen molar-refractivity contribution in [3.05, 3.63) is 78.9 Å². The Balaban J connectivity index is 0.000000324. The third kappa shape index (κ3) is 4.49. The molecule has 0 atom stereocenters. The molecule has 0 aliphatic rings. The second-order valence-corrected chi connectivity index (χ2v) is 7.05. The molecule has 3 aromatic carbocycles. The Bertz CT molecular complexity index is 940. The molecule has 0 bridgehead atoms. The van der Waals surface area contributed by atoms with Gasteiger partial charge in [0.2, 0.25) is 20.7 Å². The molecule has 4 rings (SSSR count). The van der Waals surface area contributed by atoms with Gasteiger partial charge in [0.05, 0.1) is 0 Å². The molecule has 0 saturated carbocycles. The first-order valence-electron chi connectivity index (χ1n) is 7.34. The minimum atomic E-state index is -4.94. The lowest BCUT2D eigenvalue weighted by atomic mass is 9.99. The summed E-state index contributed by atoms with van der Waals surface area (Å²) in [5, 5.41) is 2.67. The maximum Gasteiger partial charge on any atom is 0.239 e. The lowest BCUT2D eigenvalue weighted by molar-refractivity contribution is -2.00. The molecule has 4 aromatic rings. The van der Waals surface area contributed by atoms with Crippen LogP contribution in [-0.4, -0.2) is 0 Å². The topological polar surface area (TPSA) is 92.2 Å². The molecule has 4 nitrogen and oxygen atoms in total. The van der Waals surface area contributed by atoms with E-state index in [0.29, 0.717) is 0 Å². The zero-order valence-electron chi connectivity index (χ0n) is 12.9. The van der Waals surface area contributed by atoms with Crippen molar-refractivity contribution in [1.82, 2.24) is 0 Å². The molecule has 6 heteroatoms. The van der Waals surface area contributed by atoms with E-state index in [4.69, 9.17) is 18.6 Å². The van der Waals surface area contributed by atoms with E-state index in [-0.39, 0.29) is 0 Å². The fourth-order valence-electron chi connectivity index (χ4n) is 2.70. The average Bonchev–Trinajstić information content (AvgIpc) is 2.59. The molecule has 25 heavy (non-hydrogen) atoms. The first kappa shape index (κ1) is 17.7. The van der Waals surface area contributed by atoms with Crippen LogP contribution in [0.2, 0.25) is 0 Å². The lowest BCUT2D eigenvalue weighted by Crippen LogP contribution is -2.68. The van der Waals surface area contributed by atoms with Crippen LogP contribution in [0.4, 0.5) is 0 Å². The predicted molar refractivity (Wildman–Crippen MR) is 89.2 cm³/mol. The third-order valence-corrected chi connectivity index (χ3v) is 4.75. The summed E-state index contributed by atoms with van der Waals surface area (Å²) in [6.07, 6.45) is 0. The summed E-state index contributed by atoms with van der Waals surface area (Å²) in [5.74, 6) is 0. The minimum Gasteiger partial charge on any atom is -0.222 e. The Kier molecular flexibility index (Phi) is 5.24. The largest absolute Gasteiger partial charge is 0.239 e. The Labute approximate surface area is 150 Å². The predicted octanol–water partition coefficient (Wildman–Crippen LogP) is 1.25.